The fourth-order valence-electron chi connectivity index (χ4n) is 1.88. The van der Waals surface area contributed by atoms with Gasteiger partial charge in [0, 0.05) is 0 Å². The van der Waals surface area contributed by atoms with Crippen LogP contribution in [-0.4, -0.2) is 32.1 Å². The van der Waals surface area contributed by atoms with Crippen molar-refractivity contribution in [1.82, 2.24) is 4.72 Å². The van der Waals surface area contributed by atoms with Gasteiger partial charge in [0.2, 0.25) is 10.0 Å². The number of aliphatic carboxylic acids is 1. The van der Waals surface area contributed by atoms with E-state index in [0.717, 1.165) is 0 Å². The molecule has 0 unspecified atom stereocenters. The van der Waals surface area contributed by atoms with Crippen LogP contribution in [-0.2, 0) is 14.8 Å². The number of carboxylic acids is 1. The van der Waals surface area contributed by atoms with Crippen LogP contribution in [0.5, 0.6) is 5.75 Å². The number of rotatable bonds is 8. The van der Waals surface area contributed by atoms with Gasteiger partial charge in [0.15, 0.2) is 0 Å². The molecule has 1 aromatic rings. The first-order valence-electron chi connectivity index (χ1n) is 6.80. The molecule has 0 bridgehead atoms. The van der Waals surface area contributed by atoms with Crippen molar-refractivity contribution in [1.29, 1.82) is 0 Å². The highest BCUT2D eigenvalue weighted by atomic mass is 32.2. The maximum absolute atomic E-state index is 12.2. The van der Waals surface area contributed by atoms with Crippen LogP contribution >= 0.6 is 0 Å². The van der Waals surface area contributed by atoms with E-state index in [2.05, 4.69) is 4.72 Å². The molecule has 0 saturated heterocycles. The van der Waals surface area contributed by atoms with Gasteiger partial charge in [-0.15, -0.1) is 0 Å². The number of benzene rings is 1. The van der Waals surface area contributed by atoms with Crippen molar-refractivity contribution in [3.8, 4) is 5.75 Å². The van der Waals surface area contributed by atoms with Crippen molar-refractivity contribution in [2.45, 2.75) is 44.6 Å². The summed E-state index contributed by atoms with van der Waals surface area (Å²) in [6, 6.07) is 3.33. The molecule has 0 amide bonds. The van der Waals surface area contributed by atoms with Crippen LogP contribution in [0.25, 0.3) is 0 Å². The molecule has 0 aliphatic rings. The third-order valence-corrected chi connectivity index (χ3v) is 4.40. The van der Waals surface area contributed by atoms with Gasteiger partial charge in [-0.25, -0.2) is 8.42 Å². The van der Waals surface area contributed by atoms with E-state index in [-0.39, 0.29) is 11.3 Å². The molecule has 1 rings (SSSR count). The molecule has 0 aromatic heterocycles. The van der Waals surface area contributed by atoms with E-state index in [1.54, 1.807) is 19.9 Å². The van der Waals surface area contributed by atoms with Crippen LogP contribution < -0.4 is 9.46 Å². The minimum Gasteiger partial charge on any atom is -0.494 e. The lowest BCUT2D eigenvalue weighted by Gasteiger charge is -2.15. The fraction of sp³-hybridized carbons (Fsp3) is 0.500. The SMILES string of the molecule is CCC[C@H](NS(=O)(=O)c1ccc(OCC)c(C)c1)C(=O)O. The van der Waals surface area contributed by atoms with Gasteiger partial charge in [0.1, 0.15) is 11.8 Å². The van der Waals surface area contributed by atoms with E-state index in [1.807, 2.05) is 6.92 Å². The molecule has 118 valence electrons. The van der Waals surface area contributed by atoms with Gasteiger partial charge in [-0.3, -0.25) is 4.79 Å². The molecule has 0 spiro atoms. The minimum absolute atomic E-state index is 0.0332. The summed E-state index contributed by atoms with van der Waals surface area (Å²) in [6.07, 6.45) is 0.812. The number of aryl methyl sites for hydroxylation is 1. The van der Waals surface area contributed by atoms with E-state index >= 15 is 0 Å². The lowest BCUT2D eigenvalue weighted by molar-refractivity contribution is -0.139. The second kappa shape index (κ2) is 7.42. The summed E-state index contributed by atoms with van der Waals surface area (Å²) in [5.74, 6) is -0.567. The average molecular weight is 315 g/mol. The Hall–Kier alpha value is -1.60. The molecule has 6 nitrogen and oxygen atoms in total. The normalized spacial score (nSPS) is 12.9. The predicted octanol–water partition coefficient (Wildman–Crippen LogP) is 1.93. The molecule has 0 fully saturated rings. The Labute approximate surface area is 125 Å². The summed E-state index contributed by atoms with van der Waals surface area (Å²) < 4.78 is 32.0. The number of carboxylic acid groups (broad SMARTS) is 1. The van der Waals surface area contributed by atoms with E-state index in [1.165, 1.54) is 12.1 Å². The predicted molar refractivity (Wildman–Crippen MR) is 79.0 cm³/mol. The molecule has 1 atom stereocenters. The average Bonchev–Trinajstić information content (AvgIpc) is 2.40. The summed E-state index contributed by atoms with van der Waals surface area (Å²) in [7, 11) is -3.87. The smallest absolute Gasteiger partial charge is 0.321 e. The zero-order valence-electron chi connectivity index (χ0n) is 12.4. The van der Waals surface area contributed by atoms with Gasteiger partial charge >= 0.3 is 5.97 Å². The highest BCUT2D eigenvalue weighted by Crippen LogP contribution is 2.22. The molecule has 0 radical (unpaired) electrons. The lowest BCUT2D eigenvalue weighted by Crippen LogP contribution is -2.40. The van der Waals surface area contributed by atoms with Gasteiger partial charge in [0.25, 0.3) is 0 Å². The summed E-state index contributed by atoms with van der Waals surface area (Å²) in [5.41, 5.74) is 0.682. The molecular weight excluding hydrogens is 294 g/mol. The monoisotopic (exact) mass is 315 g/mol. The molecule has 7 heteroatoms. The Bertz CT molecular complexity index is 597. The van der Waals surface area contributed by atoms with Gasteiger partial charge in [0.05, 0.1) is 11.5 Å². The number of carbonyl (C=O) groups is 1. The Kier molecular flexibility index (Phi) is 6.17. The maximum Gasteiger partial charge on any atom is 0.321 e. The molecule has 21 heavy (non-hydrogen) atoms. The minimum atomic E-state index is -3.87. The first-order chi connectivity index (χ1) is 9.81. The maximum atomic E-state index is 12.2. The van der Waals surface area contributed by atoms with Crippen LogP contribution in [0.2, 0.25) is 0 Å². The molecule has 0 heterocycles. The van der Waals surface area contributed by atoms with E-state index in [4.69, 9.17) is 9.84 Å². The van der Waals surface area contributed by atoms with Crippen LogP contribution in [0.1, 0.15) is 32.3 Å². The van der Waals surface area contributed by atoms with E-state index in [9.17, 15) is 13.2 Å². The Morgan fingerprint density at radius 1 is 1.38 bits per heavy atom. The zero-order valence-corrected chi connectivity index (χ0v) is 13.2. The molecule has 0 aliphatic carbocycles. The summed E-state index contributed by atoms with van der Waals surface area (Å²) >= 11 is 0. The highest BCUT2D eigenvalue weighted by molar-refractivity contribution is 7.89. The summed E-state index contributed by atoms with van der Waals surface area (Å²) in [4.78, 5) is 11.1. The molecule has 2 N–H and O–H groups in total. The van der Waals surface area contributed by atoms with E-state index < -0.39 is 22.0 Å². The molecule has 1 aromatic carbocycles. The number of hydrogen-bond donors (Lipinski definition) is 2. The number of ether oxygens (including phenoxy) is 1. The van der Waals surface area contributed by atoms with Crippen molar-refractivity contribution in [2.75, 3.05) is 6.61 Å². The third kappa shape index (κ3) is 4.71. The Morgan fingerprint density at radius 2 is 2.05 bits per heavy atom. The topological polar surface area (TPSA) is 92.7 Å². The van der Waals surface area contributed by atoms with E-state index in [0.29, 0.717) is 24.3 Å². The molecule has 0 saturated carbocycles. The fourth-order valence-corrected chi connectivity index (χ4v) is 3.19. The highest BCUT2D eigenvalue weighted by Gasteiger charge is 2.25. The largest absolute Gasteiger partial charge is 0.494 e. The van der Waals surface area contributed by atoms with Gasteiger partial charge < -0.3 is 9.84 Å². The van der Waals surface area contributed by atoms with Crippen molar-refractivity contribution >= 4 is 16.0 Å². The standard InChI is InChI=1S/C14H21NO5S/c1-4-6-12(14(16)17)15-21(18,19)11-7-8-13(20-5-2)10(3)9-11/h7-9,12,15H,4-6H2,1-3H3,(H,16,17)/t12-/m0/s1. The number of hydrogen-bond acceptors (Lipinski definition) is 4. The number of nitrogens with one attached hydrogen (secondary N) is 1. The second-order valence-corrected chi connectivity index (χ2v) is 6.38. The quantitative estimate of drug-likeness (QED) is 0.764. The van der Waals surface area contributed by atoms with Crippen LogP contribution in [0.15, 0.2) is 23.1 Å². The van der Waals surface area contributed by atoms with Crippen molar-refractivity contribution in [3.63, 3.8) is 0 Å². The van der Waals surface area contributed by atoms with Gasteiger partial charge in [-0.2, -0.15) is 4.72 Å². The van der Waals surface area contributed by atoms with Crippen molar-refractivity contribution in [3.05, 3.63) is 23.8 Å². The van der Waals surface area contributed by atoms with Crippen LogP contribution in [0.4, 0.5) is 0 Å². The Balaban J connectivity index is 3.02. The van der Waals surface area contributed by atoms with Crippen LogP contribution in [0.3, 0.4) is 0 Å². The summed E-state index contributed by atoms with van der Waals surface area (Å²) in [5, 5.41) is 9.04. The van der Waals surface area contributed by atoms with Crippen molar-refractivity contribution < 1.29 is 23.1 Å². The third-order valence-electron chi connectivity index (χ3n) is 2.93. The van der Waals surface area contributed by atoms with Gasteiger partial charge in [-0.05, 0) is 44.0 Å². The first-order valence-corrected chi connectivity index (χ1v) is 8.28. The van der Waals surface area contributed by atoms with Crippen LogP contribution in [0, 0.1) is 6.92 Å². The van der Waals surface area contributed by atoms with Crippen molar-refractivity contribution in [2.24, 2.45) is 0 Å². The molecule has 0 aliphatic heterocycles. The number of sulfonamides is 1. The Morgan fingerprint density at radius 3 is 2.52 bits per heavy atom. The first kappa shape index (κ1) is 17.5. The molecular formula is C14H21NO5S. The second-order valence-electron chi connectivity index (χ2n) is 4.66. The summed E-state index contributed by atoms with van der Waals surface area (Å²) in [6.45, 7) is 5.87. The zero-order chi connectivity index (χ0) is 16.0. The lowest BCUT2D eigenvalue weighted by atomic mass is 10.2. The van der Waals surface area contributed by atoms with Gasteiger partial charge in [-0.1, -0.05) is 13.3 Å².